The minimum absolute atomic E-state index is 0.201. The molecule has 0 saturated heterocycles. The third kappa shape index (κ3) is 3.11. The summed E-state index contributed by atoms with van der Waals surface area (Å²) in [6.45, 7) is 5.70. The highest BCUT2D eigenvalue weighted by Crippen LogP contribution is 2.22. The number of hydrogen-bond acceptors (Lipinski definition) is 1. The first-order valence-electron chi connectivity index (χ1n) is 6.22. The topological polar surface area (TPSA) is 23.6 Å². The molecule has 0 bridgehead atoms. The lowest BCUT2D eigenvalue weighted by Crippen LogP contribution is -2.46. The Labute approximate surface area is 93.4 Å². The molecular weight excluding hydrogens is 188 g/mol. The Bertz CT molecular complexity index is 196. The Balaban J connectivity index is 2.49. The third-order valence-corrected chi connectivity index (χ3v) is 3.46. The first-order valence-corrected chi connectivity index (χ1v) is 6.22. The van der Waals surface area contributed by atoms with Crippen LogP contribution in [0.15, 0.2) is 0 Å². The molecule has 0 unspecified atom stereocenters. The molecular formula is C12H24N2O. The van der Waals surface area contributed by atoms with E-state index < -0.39 is 0 Å². The van der Waals surface area contributed by atoms with Gasteiger partial charge >= 0.3 is 6.03 Å². The van der Waals surface area contributed by atoms with Gasteiger partial charge in [-0.3, -0.25) is 0 Å². The van der Waals surface area contributed by atoms with E-state index in [0.29, 0.717) is 6.04 Å². The summed E-state index contributed by atoms with van der Waals surface area (Å²) >= 11 is 0. The van der Waals surface area contributed by atoms with Gasteiger partial charge in [0.15, 0.2) is 0 Å². The van der Waals surface area contributed by atoms with Gasteiger partial charge in [-0.2, -0.15) is 0 Å². The van der Waals surface area contributed by atoms with Crippen molar-refractivity contribution >= 4 is 6.03 Å². The van der Waals surface area contributed by atoms with E-state index in [0.717, 1.165) is 13.1 Å². The molecule has 0 heterocycles. The van der Waals surface area contributed by atoms with Crippen molar-refractivity contribution in [3.05, 3.63) is 0 Å². The Morgan fingerprint density at radius 1 is 1.13 bits per heavy atom. The Morgan fingerprint density at radius 3 is 2.13 bits per heavy atom. The lowest BCUT2D eigenvalue weighted by atomic mass is 9.95. The van der Waals surface area contributed by atoms with Crippen LogP contribution in [0.4, 0.5) is 4.79 Å². The van der Waals surface area contributed by atoms with Crippen molar-refractivity contribution < 1.29 is 4.79 Å². The number of rotatable bonds is 3. The third-order valence-electron chi connectivity index (χ3n) is 3.46. The van der Waals surface area contributed by atoms with Gasteiger partial charge in [-0.25, -0.2) is 4.79 Å². The summed E-state index contributed by atoms with van der Waals surface area (Å²) < 4.78 is 0. The minimum atomic E-state index is 0.201. The van der Waals surface area contributed by atoms with Crippen LogP contribution in [-0.4, -0.2) is 42.0 Å². The van der Waals surface area contributed by atoms with Gasteiger partial charge in [0.1, 0.15) is 0 Å². The van der Waals surface area contributed by atoms with Crippen LogP contribution in [0.25, 0.3) is 0 Å². The quantitative estimate of drug-likeness (QED) is 0.705. The number of nitrogens with zero attached hydrogens (tertiary/aromatic N) is 2. The molecule has 0 spiro atoms. The zero-order valence-corrected chi connectivity index (χ0v) is 10.3. The zero-order chi connectivity index (χ0) is 11.3. The number of carbonyl (C=O) groups is 1. The van der Waals surface area contributed by atoms with E-state index in [2.05, 4.69) is 0 Å². The van der Waals surface area contributed by atoms with Crippen molar-refractivity contribution in [1.29, 1.82) is 0 Å². The second kappa shape index (κ2) is 5.99. The monoisotopic (exact) mass is 212 g/mol. The van der Waals surface area contributed by atoms with Crippen molar-refractivity contribution in [2.45, 2.75) is 52.0 Å². The highest BCUT2D eigenvalue weighted by atomic mass is 16.2. The van der Waals surface area contributed by atoms with E-state index in [4.69, 9.17) is 0 Å². The molecule has 0 aromatic rings. The molecule has 0 aromatic heterocycles. The maximum atomic E-state index is 12.1. The summed E-state index contributed by atoms with van der Waals surface area (Å²) in [7, 11) is 1.96. The van der Waals surface area contributed by atoms with Gasteiger partial charge < -0.3 is 9.80 Å². The fourth-order valence-corrected chi connectivity index (χ4v) is 2.34. The van der Waals surface area contributed by atoms with Crippen molar-refractivity contribution in [1.82, 2.24) is 9.80 Å². The highest BCUT2D eigenvalue weighted by molar-refractivity contribution is 5.74. The molecule has 0 radical (unpaired) electrons. The molecule has 1 fully saturated rings. The first kappa shape index (κ1) is 12.3. The van der Waals surface area contributed by atoms with Crippen LogP contribution >= 0.6 is 0 Å². The smallest absolute Gasteiger partial charge is 0.319 e. The van der Waals surface area contributed by atoms with Crippen LogP contribution in [-0.2, 0) is 0 Å². The van der Waals surface area contributed by atoms with Crippen molar-refractivity contribution in [2.24, 2.45) is 0 Å². The van der Waals surface area contributed by atoms with E-state index in [-0.39, 0.29) is 6.03 Å². The maximum Gasteiger partial charge on any atom is 0.319 e. The Hall–Kier alpha value is -0.730. The van der Waals surface area contributed by atoms with E-state index in [1.807, 2.05) is 30.7 Å². The Morgan fingerprint density at radius 2 is 1.67 bits per heavy atom. The molecule has 0 aliphatic heterocycles. The number of amides is 2. The number of urea groups is 1. The SMILES string of the molecule is CCN(CC)C(=O)N(C)C1CCCCC1. The molecule has 0 N–H and O–H groups in total. The second-order valence-corrected chi connectivity index (χ2v) is 4.36. The molecule has 15 heavy (non-hydrogen) atoms. The van der Waals surface area contributed by atoms with Gasteiger partial charge in [-0.05, 0) is 26.7 Å². The molecule has 0 aromatic carbocycles. The molecule has 1 saturated carbocycles. The number of carbonyl (C=O) groups excluding carboxylic acids is 1. The van der Waals surface area contributed by atoms with Crippen molar-refractivity contribution in [3.63, 3.8) is 0 Å². The highest BCUT2D eigenvalue weighted by Gasteiger charge is 2.24. The van der Waals surface area contributed by atoms with E-state index in [1.165, 1.54) is 32.1 Å². The van der Waals surface area contributed by atoms with Crippen LogP contribution in [0.5, 0.6) is 0 Å². The minimum Gasteiger partial charge on any atom is -0.325 e. The summed E-state index contributed by atoms with van der Waals surface area (Å²) in [6, 6.07) is 0.679. The van der Waals surface area contributed by atoms with Gasteiger partial charge in [0.25, 0.3) is 0 Å². The van der Waals surface area contributed by atoms with E-state index in [1.54, 1.807) is 0 Å². The molecule has 1 aliphatic rings. The average molecular weight is 212 g/mol. The molecule has 0 atom stereocenters. The molecule has 1 rings (SSSR count). The summed E-state index contributed by atoms with van der Waals surface area (Å²) in [5.74, 6) is 0. The number of hydrogen-bond donors (Lipinski definition) is 0. The molecule has 1 aliphatic carbocycles. The van der Waals surface area contributed by atoms with Crippen LogP contribution in [0.3, 0.4) is 0 Å². The van der Waals surface area contributed by atoms with E-state index >= 15 is 0 Å². The molecule has 3 nitrogen and oxygen atoms in total. The van der Waals surface area contributed by atoms with Gasteiger partial charge in [0.2, 0.25) is 0 Å². The first-order chi connectivity index (χ1) is 7.20. The molecule has 2 amide bonds. The molecule has 88 valence electrons. The predicted octanol–water partition coefficient (Wildman–Crippen LogP) is 2.71. The van der Waals surface area contributed by atoms with Crippen molar-refractivity contribution in [2.75, 3.05) is 20.1 Å². The lowest BCUT2D eigenvalue weighted by Gasteiger charge is -2.34. The lowest BCUT2D eigenvalue weighted by molar-refractivity contribution is 0.138. The predicted molar refractivity (Wildman–Crippen MR) is 63.0 cm³/mol. The summed E-state index contributed by atoms with van der Waals surface area (Å²) in [6.07, 6.45) is 6.26. The van der Waals surface area contributed by atoms with Gasteiger partial charge in [-0.1, -0.05) is 19.3 Å². The Kier molecular flexibility index (Phi) is 4.92. The largest absolute Gasteiger partial charge is 0.325 e. The van der Waals surface area contributed by atoms with Crippen LogP contribution in [0, 0.1) is 0 Å². The van der Waals surface area contributed by atoms with E-state index in [9.17, 15) is 4.79 Å². The summed E-state index contributed by atoms with van der Waals surface area (Å²) in [5.41, 5.74) is 0. The normalized spacial score (nSPS) is 17.5. The second-order valence-electron chi connectivity index (χ2n) is 4.36. The molecule has 3 heteroatoms. The maximum absolute atomic E-state index is 12.1. The fraction of sp³-hybridized carbons (Fsp3) is 0.917. The fourth-order valence-electron chi connectivity index (χ4n) is 2.34. The van der Waals surface area contributed by atoms with Crippen LogP contribution < -0.4 is 0 Å². The van der Waals surface area contributed by atoms with Gasteiger partial charge in [0.05, 0.1) is 0 Å². The summed E-state index contributed by atoms with van der Waals surface area (Å²) in [5, 5.41) is 0. The van der Waals surface area contributed by atoms with Crippen LogP contribution in [0.1, 0.15) is 46.0 Å². The standard InChI is InChI=1S/C12H24N2O/c1-4-14(5-2)12(15)13(3)11-9-7-6-8-10-11/h11H,4-10H2,1-3H3. The zero-order valence-electron chi connectivity index (χ0n) is 10.3. The van der Waals surface area contributed by atoms with Crippen molar-refractivity contribution in [3.8, 4) is 0 Å². The van der Waals surface area contributed by atoms with Crippen LogP contribution in [0.2, 0.25) is 0 Å². The summed E-state index contributed by atoms with van der Waals surface area (Å²) in [4.78, 5) is 15.9. The van der Waals surface area contributed by atoms with Gasteiger partial charge in [-0.15, -0.1) is 0 Å². The van der Waals surface area contributed by atoms with Gasteiger partial charge in [0, 0.05) is 26.2 Å². The average Bonchev–Trinajstić information content (AvgIpc) is 2.30.